The van der Waals surface area contributed by atoms with Crippen LogP contribution >= 0.6 is 7.82 Å². The van der Waals surface area contributed by atoms with Crippen molar-refractivity contribution in [2.75, 3.05) is 40.9 Å². The van der Waals surface area contributed by atoms with Crippen molar-refractivity contribution in [3.63, 3.8) is 0 Å². The van der Waals surface area contributed by atoms with Gasteiger partial charge in [0.1, 0.15) is 13.2 Å². The van der Waals surface area contributed by atoms with E-state index in [1.807, 2.05) is 27.2 Å². The number of hydrogen-bond donors (Lipinski definition) is 2. The molecule has 1 unspecified atom stereocenters. The summed E-state index contributed by atoms with van der Waals surface area (Å²) in [4.78, 5) is 25.1. The fourth-order valence-electron chi connectivity index (χ4n) is 5.16. The lowest BCUT2D eigenvalue weighted by molar-refractivity contribution is -0.870. The van der Waals surface area contributed by atoms with E-state index < -0.39 is 26.6 Å². The van der Waals surface area contributed by atoms with E-state index in [9.17, 15) is 19.4 Å². The highest BCUT2D eigenvalue weighted by Crippen LogP contribution is 2.38. The lowest BCUT2D eigenvalue weighted by Crippen LogP contribution is -2.45. The van der Waals surface area contributed by atoms with E-state index in [0.29, 0.717) is 17.4 Å². The van der Waals surface area contributed by atoms with Crippen LogP contribution in [-0.4, -0.2) is 68.5 Å². The van der Waals surface area contributed by atoms with Crippen LogP contribution in [0.15, 0.2) is 36.5 Å². The minimum atomic E-state index is -4.59. The third-order valence-corrected chi connectivity index (χ3v) is 9.29. The van der Waals surface area contributed by atoms with Crippen LogP contribution in [0.3, 0.4) is 0 Å². The van der Waals surface area contributed by atoms with Crippen molar-refractivity contribution in [3.8, 4) is 0 Å². The Hall–Kier alpha value is -1.28. The predicted molar refractivity (Wildman–Crippen MR) is 201 cm³/mol. The molecule has 0 bridgehead atoms. The highest BCUT2D eigenvalue weighted by atomic mass is 31.2. The molecule has 0 aliphatic heterocycles. The number of likely N-dealkylation sites (N-methyl/N-ethyl adjacent to an activating group) is 1. The minimum Gasteiger partial charge on any atom is -0.756 e. The van der Waals surface area contributed by atoms with Crippen LogP contribution < -0.4 is 10.2 Å². The molecule has 0 aliphatic carbocycles. The topological polar surface area (TPSA) is 108 Å². The normalized spacial score (nSPS) is 15.1. The van der Waals surface area contributed by atoms with E-state index in [1.165, 1.54) is 77.0 Å². The molecule has 0 radical (unpaired) electrons. The summed E-state index contributed by atoms with van der Waals surface area (Å²) in [5.74, 6) is -0.220. The summed E-state index contributed by atoms with van der Waals surface area (Å²) in [6, 6.07) is -0.903. The lowest BCUT2D eigenvalue weighted by atomic mass is 10.1. The number of phosphoric ester groups is 1. The molecule has 0 heterocycles. The fraction of sp³-hybridized carbons (Fsp3) is 0.821. The van der Waals surface area contributed by atoms with E-state index >= 15 is 0 Å². The van der Waals surface area contributed by atoms with Gasteiger partial charge in [-0.2, -0.15) is 0 Å². The summed E-state index contributed by atoms with van der Waals surface area (Å²) in [6.45, 7) is 4.56. The summed E-state index contributed by atoms with van der Waals surface area (Å²) < 4.78 is 23.0. The van der Waals surface area contributed by atoms with E-state index in [4.69, 9.17) is 9.05 Å². The van der Waals surface area contributed by atoms with Gasteiger partial charge in [0.05, 0.1) is 39.9 Å². The zero-order valence-electron chi connectivity index (χ0n) is 31.7. The number of rotatable bonds is 34. The van der Waals surface area contributed by atoms with Crippen molar-refractivity contribution in [2.24, 2.45) is 0 Å². The van der Waals surface area contributed by atoms with Crippen LogP contribution in [0.2, 0.25) is 0 Å². The number of phosphoric acid groups is 1. The van der Waals surface area contributed by atoms with Crippen LogP contribution in [0.4, 0.5) is 0 Å². The van der Waals surface area contributed by atoms with Gasteiger partial charge in [0.25, 0.3) is 7.82 Å². The van der Waals surface area contributed by atoms with Gasteiger partial charge in [-0.15, -0.1) is 0 Å². The third-order valence-electron chi connectivity index (χ3n) is 8.32. The fourth-order valence-corrected chi connectivity index (χ4v) is 5.88. The number of unbranched alkanes of at least 4 members (excludes halogenated alkanes) is 17. The summed E-state index contributed by atoms with van der Waals surface area (Å²) in [5.41, 5.74) is 0. The zero-order valence-corrected chi connectivity index (χ0v) is 32.6. The first kappa shape index (κ1) is 46.7. The Kier molecular flexibility index (Phi) is 30.8. The van der Waals surface area contributed by atoms with Crippen molar-refractivity contribution < 1.29 is 32.9 Å². The maximum absolute atomic E-state index is 12.8. The summed E-state index contributed by atoms with van der Waals surface area (Å²) in [5, 5.41) is 13.6. The standard InChI is InChI=1S/C39H75N2O6P/c1-6-8-10-12-14-16-18-19-20-21-23-25-27-29-31-33-39(43)40-37(36-47-48(44,45)46-35-34-41(3,4)5)38(42)32-30-28-26-24-22-17-15-13-11-9-7-2/h19-20,22,24,30,32,37-38,42H,6-18,21,23,25-29,31,33-36H2,1-5H3,(H-,40,43,44,45)/b20-19+,24-22+,32-30+/t37-,38+/m0/s1. The molecule has 0 aromatic carbocycles. The monoisotopic (exact) mass is 699 g/mol. The van der Waals surface area contributed by atoms with Gasteiger partial charge in [0, 0.05) is 6.42 Å². The SMILES string of the molecule is CCCCCCC/C=C/CC/C=C/[C@@H](O)[C@H](COP(=O)([O-])OCC[N+](C)(C)C)NC(=O)CCCCCCC/C=C/CCCCCCCC. The molecular formula is C39H75N2O6P. The van der Waals surface area contributed by atoms with Crippen LogP contribution in [0.5, 0.6) is 0 Å². The molecule has 8 nitrogen and oxygen atoms in total. The van der Waals surface area contributed by atoms with Crippen molar-refractivity contribution in [1.29, 1.82) is 0 Å². The molecule has 3 atom stereocenters. The van der Waals surface area contributed by atoms with Gasteiger partial charge in [-0.25, -0.2) is 0 Å². The zero-order chi connectivity index (χ0) is 35.8. The number of nitrogens with one attached hydrogen (secondary N) is 1. The van der Waals surface area contributed by atoms with Crippen LogP contribution in [-0.2, 0) is 18.4 Å². The number of aliphatic hydroxyl groups is 1. The van der Waals surface area contributed by atoms with Crippen molar-refractivity contribution in [1.82, 2.24) is 5.32 Å². The second kappa shape index (κ2) is 31.7. The summed E-state index contributed by atoms with van der Waals surface area (Å²) >= 11 is 0. The maximum Gasteiger partial charge on any atom is 0.268 e. The van der Waals surface area contributed by atoms with Crippen LogP contribution in [0.25, 0.3) is 0 Å². The average Bonchev–Trinajstić information content (AvgIpc) is 3.02. The molecule has 1 amide bonds. The van der Waals surface area contributed by atoms with Gasteiger partial charge in [0.15, 0.2) is 0 Å². The summed E-state index contributed by atoms with van der Waals surface area (Å²) in [7, 11) is 1.23. The van der Waals surface area contributed by atoms with E-state index in [0.717, 1.165) is 57.8 Å². The number of hydrogen-bond acceptors (Lipinski definition) is 6. The molecule has 0 rings (SSSR count). The number of carbonyl (C=O) groups excluding carboxylic acids is 1. The molecule has 0 aliphatic rings. The second-order valence-electron chi connectivity index (χ2n) is 14.3. The van der Waals surface area contributed by atoms with E-state index in [-0.39, 0.29) is 12.5 Å². The van der Waals surface area contributed by atoms with Gasteiger partial charge >= 0.3 is 0 Å². The Labute approximate surface area is 296 Å². The number of allylic oxidation sites excluding steroid dienone is 5. The second-order valence-corrected chi connectivity index (χ2v) is 15.7. The predicted octanol–water partition coefficient (Wildman–Crippen LogP) is 9.33. The number of nitrogens with zero attached hydrogens (tertiary/aromatic N) is 1. The molecule has 48 heavy (non-hydrogen) atoms. The van der Waals surface area contributed by atoms with Crippen molar-refractivity contribution in [3.05, 3.63) is 36.5 Å². The molecule has 2 N–H and O–H groups in total. The largest absolute Gasteiger partial charge is 0.756 e. The average molecular weight is 699 g/mol. The molecule has 282 valence electrons. The molecule has 0 spiro atoms. The van der Waals surface area contributed by atoms with Crippen molar-refractivity contribution in [2.45, 2.75) is 167 Å². The number of quaternary nitrogens is 1. The molecule has 0 aromatic rings. The molecular weight excluding hydrogens is 623 g/mol. The Bertz CT molecular complexity index is 886. The lowest BCUT2D eigenvalue weighted by Gasteiger charge is -2.29. The van der Waals surface area contributed by atoms with Gasteiger partial charge in [-0.05, 0) is 57.8 Å². The molecule has 9 heteroatoms. The first-order valence-electron chi connectivity index (χ1n) is 19.4. The van der Waals surface area contributed by atoms with Gasteiger partial charge in [-0.3, -0.25) is 9.36 Å². The minimum absolute atomic E-state index is 0.00843. The van der Waals surface area contributed by atoms with Gasteiger partial charge < -0.3 is 28.8 Å². The highest BCUT2D eigenvalue weighted by Gasteiger charge is 2.23. The summed E-state index contributed by atoms with van der Waals surface area (Å²) in [6.07, 6.45) is 36.2. The van der Waals surface area contributed by atoms with Crippen molar-refractivity contribution >= 4 is 13.7 Å². The Morgan fingerprint density at radius 2 is 1.17 bits per heavy atom. The molecule has 0 saturated carbocycles. The number of aliphatic hydroxyl groups excluding tert-OH is 1. The Morgan fingerprint density at radius 1 is 0.708 bits per heavy atom. The highest BCUT2D eigenvalue weighted by molar-refractivity contribution is 7.45. The van der Waals surface area contributed by atoms with Crippen LogP contribution in [0, 0.1) is 0 Å². The Balaban J connectivity index is 4.57. The Morgan fingerprint density at radius 3 is 1.69 bits per heavy atom. The number of amides is 1. The van der Waals surface area contributed by atoms with E-state index in [2.05, 4.69) is 43.5 Å². The smallest absolute Gasteiger partial charge is 0.268 e. The quantitative estimate of drug-likeness (QED) is 0.0300. The van der Waals surface area contributed by atoms with Gasteiger partial charge in [-0.1, -0.05) is 127 Å². The first-order chi connectivity index (χ1) is 23.0. The van der Waals surface area contributed by atoms with E-state index in [1.54, 1.807) is 6.08 Å². The van der Waals surface area contributed by atoms with Gasteiger partial charge in [0.2, 0.25) is 5.91 Å². The first-order valence-corrected chi connectivity index (χ1v) is 20.8. The molecule has 0 saturated heterocycles. The molecule has 0 aromatic heterocycles. The molecule has 0 fully saturated rings. The third kappa shape index (κ3) is 33.2. The number of carbonyl (C=O) groups is 1. The van der Waals surface area contributed by atoms with Crippen LogP contribution in [0.1, 0.15) is 155 Å². The maximum atomic E-state index is 12.8.